The van der Waals surface area contributed by atoms with E-state index in [-0.39, 0.29) is 29.9 Å². The summed E-state index contributed by atoms with van der Waals surface area (Å²) in [6, 6.07) is 17.7. The van der Waals surface area contributed by atoms with Crippen molar-refractivity contribution < 1.29 is 14.3 Å². The molecule has 2 atom stereocenters. The van der Waals surface area contributed by atoms with E-state index in [0.717, 1.165) is 28.1 Å². The Morgan fingerprint density at radius 3 is 2.42 bits per heavy atom. The first-order valence-electron chi connectivity index (χ1n) is 8.91. The number of carbonyl (C=O) groups is 2. The number of Topliss-reactive ketones (excluding diaryl/α,β-unsaturated/α-hetero) is 1. The summed E-state index contributed by atoms with van der Waals surface area (Å²) in [7, 11) is 1.62. The van der Waals surface area contributed by atoms with Gasteiger partial charge in [0.1, 0.15) is 5.75 Å². The summed E-state index contributed by atoms with van der Waals surface area (Å²) >= 11 is 0. The molecule has 0 saturated carbocycles. The summed E-state index contributed by atoms with van der Waals surface area (Å²) < 4.78 is 5.47. The number of methoxy groups -OCH3 is 1. The number of para-hydroxylation sites is 1. The molecule has 2 aliphatic rings. The maximum absolute atomic E-state index is 13.1. The third-order valence-electron chi connectivity index (χ3n) is 5.32. The molecule has 2 aromatic carbocycles. The van der Waals surface area contributed by atoms with Gasteiger partial charge in [0.15, 0.2) is 5.78 Å². The molecule has 4 rings (SSSR count). The minimum absolute atomic E-state index is 0.0406. The second-order valence-electron chi connectivity index (χ2n) is 6.88. The van der Waals surface area contributed by atoms with Crippen molar-refractivity contribution in [3.05, 3.63) is 77.0 Å². The molecule has 0 aromatic heterocycles. The summed E-state index contributed by atoms with van der Waals surface area (Å²) in [6.07, 6.45) is 1.44. The average molecular weight is 347 g/mol. The van der Waals surface area contributed by atoms with Crippen molar-refractivity contribution in [3.63, 3.8) is 0 Å². The van der Waals surface area contributed by atoms with E-state index in [2.05, 4.69) is 5.32 Å². The number of ether oxygens (including phenoxy) is 1. The van der Waals surface area contributed by atoms with Crippen LogP contribution in [0.1, 0.15) is 42.2 Å². The van der Waals surface area contributed by atoms with Crippen molar-refractivity contribution in [1.82, 2.24) is 5.32 Å². The molecule has 0 fully saturated rings. The maximum Gasteiger partial charge on any atom is 0.225 e. The molecule has 4 nitrogen and oxygen atoms in total. The lowest BCUT2D eigenvalue weighted by molar-refractivity contribution is -0.122. The molecule has 1 amide bonds. The van der Waals surface area contributed by atoms with Gasteiger partial charge in [-0.3, -0.25) is 9.59 Å². The van der Waals surface area contributed by atoms with E-state index < -0.39 is 0 Å². The molecule has 26 heavy (non-hydrogen) atoms. The van der Waals surface area contributed by atoms with E-state index in [1.807, 2.05) is 54.6 Å². The van der Waals surface area contributed by atoms with E-state index in [1.54, 1.807) is 7.11 Å². The van der Waals surface area contributed by atoms with E-state index in [0.29, 0.717) is 12.8 Å². The molecule has 0 saturated heterocycles. The fraction of sp³-hybridized carbons (Fsp3) is 0.273. The number of carbonyl (C=O) groups excluding carboxylic acids is 2. The van der Waals surface area contributed by atoms with Crippen molar-refractivity contribution in [2.45, 2.75) is 31.1 Å². The number of hydrogen-bond acceptors (Lipinski definition) is 3. The second kappa shape index (κ2) is 6.79. The monoisotopic (exact) mass is 347 g/mol. The first-order valence-corrected chi connectivity index (χ1v) is 8.91. The van der Waals surface area contributed by atoms with Gasteiger partial charge in [0.2, 0.25) is 5.91 Å². The molecule has 1 aliphatic heterocycles. The maximum atomic E-state index is 13.1. The van der Waals surface area contributed by atoms with Gasteiger partial charge in [-0.25, -0.2) is 0 Å². The Bertz CT molecular complexity index is 885. The predicted octanol–water partition coefficient (Wildman–Crippen LogP) is 3.70. The van der Waals surface area contributed by atoms with Gasteiger partial charge in [0, 0.05) is 35.6 Å². The quantitative estimate of drug-likeness (QED) is 0.921. The zero-order valence-corrected chi connectivity index (χ0v) is 14.7. The molecular formula is C22H21NO3. The van der Waals surface area contributed by atoms with Crippen LogP contribution in [0, 0.1) is 0 Å². The van der Waals surface area contributed by atoms with Crippen molar-refractivity contribution in [2.75, 3.05) is 7.11 Å². The first kappa shape index (κ1) is 16.6. The van der Waals surface area contributed by atoms with E-state index in [9.17, 15) is 9.59 Å². The fourth-order valence-electron chi connectivity index (χ4n) is 4.14. The van der Waals surface area contributed by atoms with Gasteiger partial charge >= 0.3 is 0 Å². The molecule has 1 heterocycles. The Hall–Kier alpha value is -2.88. The van der Waals surface area contributed by atoms with Crippen molar-refractivity contribution in [2.24, 2.45) is 0 Å². The van der Waals surface area contributed by atoms with E-state index >= 15 is 0 Å². The smallest absolute Gasteiger partial charge is 0.225 e. The number of amides is 1. The molecule has 0 spiro atoms. The lowest BCUT2D eigenvalue weighted by atomic mass is 9.73. The molecule has 4 heteroatoms. The minimum atomic E-state index is -0.237. The molecule has 0 bridgehead atoms. The van der Waals surface area contributed by atoms with Crippen LogP contribution < -0.4 is 10.1 Å². The lowest BCUT2D eigenvalue weighted by Gasteiger charge is -2.34. The number of rotatable bonds is 3. The highest BCUT2D eigenvalue weighted by molar-refractivity contribution is 6.02. The van der Waals surface area contributed by atoms with Crippen LogP contribution in [-0.2, 0) is 9.59 Å². The van der Waals surface area contributed by atoms with Gasteiger partial charge in [-0.1, -0.05) is 48.5 Å². The highest BCUT2D eigenvalue weighted by Gasteiger charge is 2.39. The zero-order valence-electron chi connectivity index (χ0n) is 14.7. The van der Waals surface area contributed by atoms with Crippen LogP contribution in [0.3, 0.4) is 0 Å². The largest absolute Gasteiger partial charge is 0.496 e. The number of ketones is 1. The van der Waals surface area contributed by atoms with Crippen LogP contribution in [0.25, 0.3) is 0 Å². The average Bonchev–Trinajstić information content (AvgIpc) is 2.67. The molecular weight excluding hydrogens is 326 g/mol. The SMILES string of the molecule is COc1ccccc1C1CC(=O)NC2=C1C(=O)CC(c1ccccc1)C2. The summed E-state index contributed by atoms with van der Waals surface area (Å²) in [5.74, 6) is 0.674. The molecule has 1 aliphatic carbocycles. The molecule has 132 valence electrons. The van der Waals surface area contributed by atoms with Crippen molar-refractivity contribution >= 4 is 11.7 Å². The van der Waals surface area contributed by atoms with Crippen LogP contribution in [0.2, 0.25) is 0 Å². The Kier molecular flexibility index (Phi) is 4.33. The number of benzene rings is 2. The van der Waals surface area contributed by atoms with Gasteiger partial charge in [-0.2, -0.15) is 0 Å². The molecule has 0 radical (unpaired) electrons. The first-order chi connectivity index (χ1) is 12.7. The Morgan fingerprint density at radius 1 is 0.923 bits per heavy atom. The number of allylic oxidation sites excluding steroid dienone is 2. The third kappa shape index (κ3) is 2.92. The summed E-state index contributed by atoms with van der Waals surface area (Å²) in [4.78, 5) is 25.4. The van der Waals surface area contributed by atoms with Crippen LogP contribution in [0.15, 0.2) is 65.9 Å². The van der Waals surface area contributed by atoms with E-state index in [4.69, 9.17) is 4.74 Å². The Labute approximate surface area is 152 Å². The normalized spacial score (nSPS) is 22.7. The standard InChI is InChI=1S/C22H21NO3/c1-26-20-10-6-5-9-16(20)17-13-21(25)23-18-11-15(12-19(24)22(17)18)14-7-3-2-4-8-14/h2-10,15,17H,11-13H2,1H3,(H,23,25). The van der Waals surface area contributed by atoms with Gasteiger partial charge in [-0.05, 0) is 24.0 Å². The highest BCUT2D eigenvalue weighted by atomic mass is 16.5. The summed E-state index contributed by atoms with van der Waals surface area (Å²) in [5, 5.41) is 2.96. The Balaban J connectivity index is 1.75. The Morgan fingerprint density at radius 2 is 1.65 bits per heavy atom. The topological polar surface area (TPSA) is 55.4 Å². The van der Waals surface area contributed by atoms with Crippen molar-refractivity contribution in [3.8, 4) is 5.75 Å². The number of hydrogen-bond donors (Lipinski definition) is 1. The second-order valence-corrected chi connectivity index (χ2v) is 6.88. The fourth-order valence-corrected chi connectivity index (χ4v) is 4.14. The van der Waals surface area contributed by atoms with E-state index in [1.165, 1.54) is 0 Å². The molecule has 2 aromatic rings. The molecule has 2 unspecified atom stereocenters. The van der Waals surface area contributed by atoms with Crippen LogP contribution in [-0.4, -0.2) is 18.8 Å². The lowest BCUT2D eigenvalue weighted by Crippen LogP contribution is -2.38. The molecule has 1 N–H and O–H groups in total. The summed E-state index contributed by atoms with van der Waals surface area (Å²) in [6.45, 7) is 0. The van der Waals surface area contributed by atoms with Gasteiger partial charge in [-0.15, -0.1) is 0 Å². The van der Waals surface area contributed by atoms with Gasteiger partial charge < -0.3 is 10.1 Å². The number of nitrogens with one attached hydrogen (secondary N) is 1. The van der Waals surface area contributed by atoms with Crippen LogP contribution >= 0.6 is 0 Å². The highest BCUT2D eigenvalue weighted by Crippen LogP contribution is 2.44. The van der Waals surface area contributed by atoms with Crippen LogP contribution in [0.5, 0.6) is 5.75 Å². The third-order valence-corrected chi connectivity index (χ3v) is 5.32. The predicted molar refractivity (Wildman–Crippen MR) is 98.9 cm³/mol. The van der Waals surface area contributed by atoms with Gasteiger partial charge in [0.25, 0.3) is 0 Å². The zero-order chi connectivity index (χ0) is 18.1. The van der Waals surface area contributed by atoms with Gasteiger partial charge in [0.05, 0.1) is 7.11 Å². The minimum Gasteiger partial charge on any atom is -0.496 e. The van der Waals surface area contributed by atoms with Crippen LogP contribution in [0.4, 0.5) is 0 Å². The summed E-state index contributed by atoms with van der Waals surface area (Å²) in [5.41, 5.74) is 3.58. The van der Waals surface area contributed by atoms with Crippen molar-refractivity contribution in [1.29, 1.82) is 0 Å².